The van der Waals surface area contributed by atoms with Crippen LogP contribution in [0, 0.1) is 40.4 Å². The van der Waals surface area contributed by atoms with Crippen molar-refractivity contribution in [3.8, 4) is 0 Å². The van der Waals surface area contributed by atoms with Gasteiger partial charge in [-0.1, -0.05) is 101 Å². The maximum Gasteiger partial charge on any atom is 0.330 e. The van der Waals surface area contributed by atoms with Gasteiger partial charge in [-0.05, 0) is 133 Å². The van der Waals surface area contributed by atoms with Crippen LogP contribution >= 0.6 is 0 Å². The number of hydrogen-bond donors (Lipinski definition) is 0. The number of fused-ring (bicyclic) bond motifs is 1. The summed E-state index contributed by atoms with van der Waals surface area (Å²) in [5.74, 6) is 1.89. The third-order valence-electron chi connectivity index (χ3n) is 15.8. The summed E-state index contributed by atoms with van der Waals surface area (Å²) in [5.41, 5.74) is 1.72. The van der Waals surface area contributed by atoms with E-state index in [1.54, 1.807) is 6.08 Å². The van der Waals surface area contributed by atoms with E-state index in [0.29, 0.717) is 29.8 Å². The SMILES string of the molecule is COC(=O)/C=C/[C@@H](C)C1=CCC2[C@H](CO[Si](C)(C)C(C)(C)C)C([C@@]3(C)CCC(O[Si](C)(C)C(C)(C)C)C[C@@H]3CO[Si](C)(C)C(C)(C)C)CC[C@]12C. The molecule has 3 aliphatic carbocycles. The maximum atomic E-state index is 12.1. The average molecular weight is 763 g/mol. The summed E-state index contributed by atoms with van der Waals surface area (Å²) in [6, 6.07) is 0. The number of carbonyl (C=O) groups excluding carboxylic acids is 1. The molecule has 0 spiro atoms. The van der Waals surface area contributed by atoms with Crippen molar-refractivity contribution in [1.29, 1.82) is 0 Å². The first kappa shape index (κ1) is 44.9. The molecule has 0 saturated heterocycles. The zero-order chi connectivity index (χ0) is 39.2. The minimum Gasteiger partial charge on any atom is -0.466 e. The molecule has 0 bridgehead atoms. The largest absolute Gasteiger partial charge is 0.466 e. The summed E-state index contributed by atoms with van der Waals surface area (Å²) < 4.78 is 26.6. The Labute approximate surface area is 319 Å². The first-order valence-corrected chi connectivity index (χ1v) is 29.1. The number of rotatable bonds is 12. The second kappa shape index (κ2) is 15.6. The molecule has 51 heavy (non-hydrogen) atoms. The summed E-state index contributed by atoms with van der Waals surface area (Å²) in [5, 5.41) is 0.527. The van der Waals surface area contributed by atoms with E-state index >= 15 is 0 Å². The van der Waals surface area contributed by atoms with Crippen molar-refractivity contribution >= 4 is 30.9 Å². The Hall–Kier alpha value is -0.519. The number of esters is 1. The number of methoxy groups -OCH3 is 1. The lowest BCUT2D eigenvalue weighted by Gasteiger charge is -2.58. The fourth-order valence-corrected chi connectivity index (χ4v) is 12.4. The fourth-order valence-electron chi connectivity index (χ4n) is 8.91. The Balaban J connectivity index is 2.06. The van der Waals surface area contributed by atoms with Crippen LogP contribution in [0.3, 0.4) is 0 Å². The third-order valence-corrected chi connectivity index (χ3v) is 29.3. The zero-order valence-corrected chi connectivity index (χ0v) is 39.9. The number of ether oxygens (including phenoxy) is 1. The van der Waals surface area contributed by atoms with E-state index in [-0.39, 0.29) is 37.8 Å². The lowest BCUT2D eigenvalue weighted by molar-refractivity contribution is -0.134. The predicted molar refractivity (Wildman–Crippen MR) is 225 cm³/mol. The molecule has 0 amide bonds. The van der Waals surface area contributed by atoms with Crippen molar-refractivity contribution in [2.45, 2.75) is 182 Å². The van der Waals surface area contributed by atoms with Gasteiger partial charge in [-0.3, -0.25) is 0 Å². The number of hydrogen-bond acceptors (Lipinski definition) is 5. The van der Waals surface area contributed by atoms with E-state index in [2.05, 4.69) is 135 Å². The predicted octanol–water partition coefficient (Wildman–Crippen LogP) is 12.6. The molecule has 3 unspecified atom stereocenters. The maximum absolute atomic E-state index is 12.1. The monoisotopic (exact) mass is 763 g/mol. The van der Waals surface area contributed by atoms with Gasteiger partial charge in [-0.25, -0.2) is 4.79 Å². The molecular formula is C43H82O5Si3. The van der Waals surface area contributed by atoms with Gasteiger partial charge >= 0.3 is 5.97 Å². The Morgan fingerprint density at radius 2 is 1.35 bits per heavy atom. The Bertz CT molecular complexity index is 1270. The van der Waals surface area contributed by atoms with Gasteiger partial charge < -0.3 is 18.0 Å². The summed E-state index contributed by atoms with van der Waals surface area (Å²) in [6.45, 7) is 44.9. The molecule has 0 aromatic heterocycles. The van der Waals surface area contributed by atoms with Crippen molar-refractivity contribution in [3.05, 3.63) is 23.8 Å². The van der Waals surface area contributed by atoms with Crippen LogP contribution in [0.5, 0.6) is 0 Å². The van der Waals surface area contributed by atoms with Crippen molar-refractivity contribution in [2.24, 2.45) is 40.4 Å². The van der Waals surface area contributed by atoms with Crippen molar-refractivity contribution in [3.63, 3.8) is 0 Å². The van der Waals surface area contributed by atoms with Gasteiger partial charge in [0.1, 0.15) is 0 Å². The molecule has 8 atom stereocenters. The van der Waals surface area contributed by atoms with E-state index in [1.165, 1.54) is 31.9 Å². The summed E-state index contributed by atoms with van der Waals surface area (Å²) in [4.78, 5) is 12.1. The van der Waals surface area contributed by atoms with Crippen LogP contribution in [0.15, 0.2) is 23.8 Å². The number of carbonyl (C=O) groups is 1. The Kier molecular flexibility index (Phi) is 13.7. The fraction of sp³-hybridized carbons (Fsp3) is 0.884. The topological polar surface area (TPSA) is 54.0 Å². The van der Waals surface area contributed by atoms with Crippen molar-refractivity contribution in [1.82, 2.24) is 0 Å². The first-order valence-electron chi connectivity index (χ1n) is 20.4. The molecule has 5 nitrogen and oxygen atoms in total. The van der Waals surface area contributed by atoms with Gasteiger partial charge in [0, 0.05) is 25.4 Å². The third kappa shape index (κ3) is 9.66. The van der Waals surface area contributed by atoms with Gasteiger partial charge in [0.2, 0.25) is 0 Å². The molecule has 8 heteroatoms. The van der Waals surface area contributed by atoms with Crippen molar-refractivity contribution in [2.75, 3.05) is 20.3 Å². The van der Waals surface area contributed by atoms with E-state index < -0.39 is 25.0 Å². The molecule has 2 fully saturated rings. The molecule has 3 rings (SSSR count). The summed E-state index contributed by atoms with van der Waals surface area (Å²) >= 11 is 0. The lowest BCUT2D eigenvalue weighted by atomic mass is 9.48. The van der Waals surface area contributed by atoms with Crippen LogP contribution in [0.25, 0.3) is 0 Å². The highest BCUT2D eigenvalue weighted by Gasteiger charge is 2.58. The number of allylic oxidation sites excluding steroid dienone is 3. The molecule has 0 heterocycles. The minimum atomic E-state index is -1.98. The normalized spacial score (nSPS) is 32.1. The van der Waals surface area contributed by atoms with Gasteiger partial charge in [0.05, 0.1) is 7.11 Å². The summed E-state index contributed by atoms with van der Waals surface area (Å²) in [6.07, 6.45) is 13.4. The molecule has 0 N–H and O–H groups in total. The second-order valence-electron chi connectivity index (χ2n) is 22.0. The van der Waals surface area contributed by atoms with Crippen LogP contribution in [0.1, 0.15) is 122 Å². The van der Waals surface area contributed by atoms with E-state index in [0.717, 1.165) is 32.5 Å². The van der Waals surface area contributed by atoms with E-state index in [1.807, 2.05) is 0 Å². The minimum absolute atomic E-state index is 0.0873. The van der Waals surface area contributed by atoms with Gasteiger partial charge in [-0.2, -0.15) is 0 Å². The zero-order valence-electron chi connectivity index (χ0n) is 36.9. The Morgan fingerprint density at radius 1 is 0.824 bits per heavy atom. The molecule has 0 aromatic rings. The summed E-state index contributed by atoms with van der Waals surface area (Å²) in [7, 11) is -4.39. The van der Waals surface area contributed by atoms with Gasteiger partial charge in [0.15, 0.2) is 25.0 Å². The molecular weight excluding hydrogens is 681 g/mol. The molecule has 296 valence electrons. The molecule has 3 aliphatic rings. The highest BCUT2D eigenvalue weighted by atomic mass is 28.4. The first-order chi connectivity index (χ1) is 22.9. The smallest absolute Gasteiger partial charge is 0.330 e. The highest BCUT2D eigenvalue weighted by molar-refractivity contribution is 6.74. The van der Waals surface area contributed by atoms with E-state index in [4.69, 9.17) is 18.0 Å². The standard InChI is InChI=1S/C43H82O5Si3/c1-31(20-23-38(44)45-13)35-21-22-36-34(30-47-50(16,17)40(5,6)7)37(25-27-43(35,36)12)42(11)26-24-33(48-51(18,19)41(8,9)10)28-32(42)29-46-49(14,15)39(2,3)4/h20-21,23,31-34,36-37H,22,24-30H2,1-19H3/b23-20+/t31-,32-,33?,34+,36?,37?,42+,43-/m1/s1. The van der Waals surface area contributed by atoms with Crippen LogP contribution in [0.4, 0.5) is 0 Å². The molecule has 0 radical (unpaired) electrons. The van der Waals surface area contributed by atoms with Gasteiger partial charge in [-0.15, -0.1) is 0 Å². The molecule has 0 aromatic carbocycles. The van der Waals surface area contributed by atoms with E-state index in [9.17, 15) is 4.79 Å². The quantitative estimate of drug-likeness (QED) is 0.0858. The highest BCUT2D eigenvalue weighted by Crippen LogP contribution is 2.64. The molecule has 0 aliphatic heterocycles. The van der Waals surface area contributed by atoms with Crippen LogP contribution in [-0.4, -0.2) is 57.3 Å². The Morgan fingerprint density at radius 3 is 1.86 bits per heavy atom. The van der Waals surface area contributed by atoms with Crippen LogP contribution in [-0.2, 0) is 22.8 Å². The molecule has 2 saturated carbocycles. The lowest BCUT2D eigenvalue weighted by Crippen LogP contribution is -2.55. The second-order valence-corrected chi connectivity index (χ2v) is 36.4. The van der Waals surface area contributed by atoms with Crippen LogP contribution in [0.2, 0.25) is 54.4 Å². The average Bonchev–Trinajstić information content (AvgIpc) is 3.34. The van der Waals surface area contributed by atoms with Gasteiger partial charge in [0.25, 0.3) is 0 Å². The van der Waals surface area contributed by atoms with Crippen LogP contribution < -0.4 is 0 Å². The van der Waals surface area contributed by atoms with Crippen molar-refractivity contribution < 1.29 is 22.8 Å².